The second-order valence-corrected chi connectivity index (χ2v) is 5.08. The minimum atomic E-state index is -0.00694. The predicted molar refractivity (Wildman–Crippen MR) is 83.7 cm³/mol. The number of hydrogen-bond acceptors (Lipinski definition) is 2. The largest absolute Gasteiger partial charge is 0.397 e. The Balaban J connectivity index is 1.96. The summed E-state index contributed by atoms with van der Waals surface area (Å²) in [4.78, 5) is 12.0. The molecule has 3 N–H and O–H groups in total. The van der Waals surface area contributed by atoms with Crippen LogP contribution < -0.4 is 11.1 Å². The van der Waals surface area contributed by atoms with Gasteiger partial charge in [-0.2, -0.15) is 0 Å². The normalized spacial score (nSPS) is 10.3. The molecule has 2 rings (SSSR count). The molecule has 0 atom stereocenters. The third-order valence-corrected chi connectivity index (χ3v) is 3.29. The summed E-state index contributed by atoms with van der Waals surface area (Å²) in [6.45, 7) is 3.99. The maximum absolute atomic E-state index is 12.0. The number of amides is 1. The molecule has 20 heavy (non-hydrogen) atoms. The lowest BCUT2D eigenvalue weighted by Crippen LogP contribution is -2.14. The molecule has 0 heterocycles. The summed E-state index contributed by atoms with van der Waals surface area (Å²) in [5.41, 5.74) is 10.6. The van der Waals surface area contributed by atoms with E-state index in [4.69, 9.17) is 5.73 Å². The molecule has 3 nitrogen and oxygen atoms in total. The number of nitrogens with two attached hydrogens (primary N) is 1. The summed E-state index contributed by atoms with van der Waals surface area (Å²) < 4.78 is 0. The van der Waals surface area contributed by atoms with Crippen molar-refractivity contribution >= 4 is 17.3 Å². The van der Waals surface area contributed by atoms with Gasteiger partial charge >= 0.3 is 0 Å². The van der Waals surface area contributed by atoms with Crippen molar-refractivity contribution in [3.8, 4) is 0 Å². The first kappa shape index (κ1) is 14.1. The number of nitrogens with one attached hydrogen (secondary N) is 1. The Morgan fingerprint density at radius 1 is 1.15 bits per heavy atom. The van der Waals surface area contributed by atoms with Crippen LogP contribution in [-0.4, -0.2) is 5.91 Å². The maximum Gasteiger partial charge on any atom is 0.224 e. The van der Waals surface area contributed by atoms with Crippen molar-refractivity contribution in [1.29, 1.82) is 0 Å². The van der Waals surface area contributed by atoms with Crippen LogP contribution in [0.1, 0.15) is 23.1 Å². The second-order valence-electron chi connectivity index (χ2n) is 5.08. The van der Waals surface area contributed by atoms with Crippen LogP contribution in [-0.2, 0) is 11.2 Å². The van der Waals surface area contributed by atoms with Gasteiger partial charge in [-0.1, -0.05) is 42.0 Å². The summed E-state index contributed by atoms with van der Waals surface area (Å²) in [7, 11) is 0. The van der Waals surface area contributed by atoms with Crippen molar-refractivity contribution in [3.05, 3.63) is 59.2 Å². The van der Waals surface area contributed by atoms with Crippen LogP contribution in [0.5, 0.6) is 0 Å². The number of rotatable bonds is 4. The van der Waals surface area contributed by atoms with Gasteiger partial charge in [-0.05, 0) is 37.5 Å². The van der Waals surface area contributed by atoms with E-state index in [0.29, 0.717) is 12.1 Å². The molecule has 3 heteroatoms. The predicted octanol–water partition coefficient (Wildman–Crippen LogP) is 3.46. The van der Waals surface area contributed by atoms with Crippen LogP contribution in [0.2, 0.25) is 0 Å². The van der Waals surface area contributed by atoms with Crippen molar-refractivity contribution in [2.45, 2.75) is 26.7 Å². The number of nitrogen functional groups attached to an aromatic ring is 1. The summed E-state index contributed by atoms with van der Waals surface area (Å²) in [5.74, 6) is -0.00694. The van der Waals surface area contributed by atoms with Crippen LogP contribution in [0.4, 0.5) is 11.4 Å². The zero-order chi connectivity index (χ0) is 14.5. The summed E-state index contributed by atoms with van der Waals surface area (Å²) in [6, 6.07) is 13.8. The Morgan fingerprint density at radius 3 is 2.60 bits per heavy atom. The van der Waals surface area contributed by atoms with Crippen LogP contribution in [0.3, 0.4) is 0 Å². The smallest absolute Gasteiger partial charge is 0.224 e. The van der Waals surface area contributed by atoms with Crippen LogP contribution in [0.25, 0.3) is 0 Å². The first-order valence-corrected chi connectivity index (χ1v) is 6.77. The van der Waals surface area contributed by atoms with E-state index in [1.54, 1.807) is 6.07 Å². The Kier molecular flexibility index (Phi) is 4.41. The van der Waals surface area contributed by atoms with Gasteiger partial charge in [-0.25, -0.2) is 0 Å². The average molecular weight is 268 g/mol. The van der Waals surface area contributed by atoms with Gasteiger partial charge in [-0.15, -0.1) is 0 Å². The third-order valence-electron chi connectivity index (χ3n) is 3.29. The molecule has 0 saturated carbocycles. The van der Waals surface area contributed by atoms with Gasteiger partial charge in [0.05, 0.1) is 11.4 Å². The van der Waals surface area contributed by atoms with Gasteiger partial charge in [-0.3, -0.25) is 4.79 Å². The summed E-state index contributed by atoms with van der Waals surface area (Å²) >= 11 is 0. The Morgan fingerprint density at radius 2 is 1.90 bits per heavy atom. The quantitative estimate of drug-likeness (QED) is 0.834. The number of hydrogen-bond donors (Lipinski definition) is 2. The molecule has 0 unspecified atom stereocenters. The Hall–Kier alpha value is -2.29. The summed E-state index contributed by atoms with van der Waals surface area (Å²) in [6.07, 6.45) is 1.19. The second kappa shape index (κ2) is 6.24. The number of aryl methyl sites for hydroxylation is 3. The van der Waals surface area contributed by atoms with Crippen LogP contribution in [0, 0.1) is 13.8 Å². The van der Waals surface area contributed by atoms with Crippen molar-refractivity contribution in [2.75, 3.05) is 11.1 Å². The molecular weight excluding hydrogens is 248 g/mol. The molecule has 0 aromatic heterocycles. The molecule has 0 aliphatic rings. The van der Waals surface area contributed by atoms with E-state index in [1.807, 2.05) is 31.2 Å². The monoisotopic (exact) mass is 268 g/mol. The topological polar surface area (TPSA) is 55.1 Å². The fourth-order valence-corrected chi connectivity index (χ4v) is 2.19. The van der Waals surface area contributed by atoms with E-state index in [0.717, 1.165) is 17.7 Å². The van der Waals surface area contributed by atoms with E-state index >= 15 is 0 Å². The molecule has 0 aliphatic heterocycles. The van der Waals surface area contributed by atoms with E-state index in [9.17, 15) is 4.79 Å². The SMILES string of the molecule is Cc1cccc(CCC(=O)Nc2c(C)cccc2N)c1. The molecule has 2 aromatic rings. The zero-order valence-electron chi connectivity index (χ0n) is 11.9. The fourth-order valence-electron chi connectivity index (χ4n) is 2.19. The number of carbonyl (C=O) groups excluding carboxylic acids is 1. The molecule has 104 valence electrons. The molecule has 2 aromatic carbocycles. The highest BCUT2D eigenvalue weighted by Gasteiger charge is 2.08. The van der Waals surface area contributed by atoms with Gasteiger partial charge in [0, 0.05) is 6.42 Å². The molecule has 0 fully saturated rings. The van der Waals surface area contributed by atoms with Gasteiger partial charge in [0.15, 0.2) is 0 Å². The molecule has 0 spiro atoms. The van der Waals surface area contributed by atoms with Crippen molar-refractivity contribution in [2.24, 2.45) is 0 Å². The molecule has 0 radical (unpaired) electrons. The van der Waals surface area contributed by atoms with E-state index < -0.39 is 0 Å². The van der Waals surface area contributed by atoms with Gasteiger partial charge in [0.2, 0.25) is 5.91 Å². The lowest BCUT2D eigenvalue weighted by atomic mass is 10.1. The molecular formula is C17H20N2O. The first-order chi connectivity index (χ1) is 9.56. The maximum atomic E-state index is 12.0. The van der Waals surface area contributed by atoms with E-state index in [1.165, 1.54) is 11.1 Å². The third kappa shape index (κ3) is 3.60. The lowest BCUT2D eigenvalue weighted by Gasteiger charge is -2.11. The number of para-hydroxylation sites is 1. The highest BCUT2D eigenvalue weighted by Crippen LogP contribution is 2.22. The number of anilines is 2. The van der Waals surface area contributed by atoms with Crippen molar-refractivity contribution in [1.82, 2.24) is 0 Å². The number of benzene rings is 2. The molecule has 0 bridgehead atoms. The van der Waals surface area contributed by atoms with Crippen LogP contribution in [0.15, 0.2) is 42.5 Å². The van der Waals surface area contributed by atoms with Gasteiger partial charge in [0.25, 0.3) is 0 Å². The first-order valence-electron chi connectivity index (χ1n) is 6.77. The summed E-state index contributed by atoms with van der Waals surface area (Å²) in [5, 5.41) is 2.90. The molecule has 1 amide bonds. The Labute approximate surface area is 119 Å². The molecule has 0 saturated heterocycles. The average Bonchev–Trinajstić information content (AvgIpc) is 2.41. The number of carbonyl (C=O) groups is 1. The van der Waals surface area contributed by atoms with Crippen molar-refractivity contribution in [3.63, 3.8) is 0 Å². The fraction of sp³-hybridized carbons (Fsp3) is 0.235. The van der Waals surface area contributed by atoms with Gasteiger partial charge in [0.1, 0.15) is 0 Å². The molecule has 0 aliphatic carbocycles. The van der Waals surface area contributed by atoms with E-state index in [-0.39, 0.29) is 5.91 Å². The highest BCUT2D eigenvalue weighted by atomic mass is 16.1. The minimum Gasteiger partial charge on any atom is -0.397 e. The van der Waals surface area contributed by atoms with Gasteiger partial charge < -0.3 is 11.1 Å². The highest BCUT2D eigenvalue weighted by molar-refractivity contribution is 5.94. The Bertz CT molecular complexity index is 600. The lowest BCUT2D eigenvalue weighted by molar-refractivity contribution is -0.116. The minimum absolute atomic E-state index is 0.00694. The zero-order valence-corrected chi connectivity index (χ0v) is 11.9. The standard InChI is InChI=1S/C17H20N2O/c1-12-5-3-7-14(11-12)9-10-16(20)19-17-13(2)6-4-8-15(17)18/h3-8,11H,9-10,18H2,1-2H3,(H,19,20). The van der Waals surface area contributed by atoms with E-state index in [2.05, 4.69) is 24.4 Å². The van der Waals surface area contributed by atoms with Crippen molar-refractivity contribution < 1.29 is 4.79 Å². The van der Waals surface area contributed by atoms with Crippen LogP contribution >= 0.6 is 0 Å².